The molecule has 0 spiro atoms. The number of aromatic nitrogens is 2. The van der Waals surface area contributed by atoms with Gasteiger partial charge in [0.05, 0.1) is 31.6 Å². The zero-order valence-electron chi connectivity index (χ0n) is 23.9. The Bertz CT molecular complexity index is 1410. The fourth-order valence-corrected chi connectivity index (χ4v) is 5.40. The van der Waals surface area contributed by atoms with E-state index in [-0.39, 0.29) is 18.1 Å². The van der Waals surface area contributed by atoms with Crippen molar-refractivity contribution in [1.82, 2.24) is 20.6 Å². The molecule has 4 aromatic rings. The highest BCUT2D eigenvalue weighted by atomic mass is 16.5. The number of ether oxygens (including phenoxy) is 2. The minimum Gasteiger partial charge on any atom is -0.453 e. The maximum absolute atomic E-state index is 14.0. The van der Waals surface area contributed by atoms with E-state index in [1.165, 1.54) is 7.11 Å². The van der Waals surface area contributed by atoms with Crippen LogP contribution < -0.4 is 16.0 Å². The van der Waals surface area contributed by atoms with Crippen molar-refractivity contribution in [2.75, 3.05) is 25.6 Å². The number of methoxy groups -OCH3 is 1. The number of hydrogen-bond acceptors (Lipinski definition) is 6. The van der Waals surface area contributed by atoms with Crippen LogP contribution in [0.15, 0.2) is 91.1 Å². The number of rotatable bonds is 10. The van der Waals surface area contributed by atoms with Crippen molar-refractivity contribution >= 4 is 17.7 Å². The third-order valence-corrected chi connectivity index (χ3v) is 7.59. The van der Waals surface area contributed by atoms with Crippen LogP contribution in [0.1, 0.15) is 46.6 Å². The number of imidazole rings is 1. The van der Waals surface area contributed by atoms with Crippen molar-refractivity contribution < 1.29 is 19.1 Å². The molecule has 4 N–H and O–H groups in total. The second-order valence-corrected chi connectivity index (χ2v) is 10.4. The van der Waals surface area contributed by atoms with Gasteiger partial charge in [0.25, 0.3) is 0 Å². The molecule has 2 amide bonds. The van der Waals surface area contributed by atoms with Crippen LogP contribution in [0.2, 0.25) is 0 Å². The summed E-state index contributed by atoms with van der Waals surface area (Å²) in [6.07, 6.45) is 2.72. The van der Waals surface area contributed by atoms with E-state index in [1.807, 2.05) is 98.0 Å². The third-order valence-electron chi connectivity index (χ3n) is 7.59. The number of aryl methyl sites for hydroxylation is 2. The molecule has 5 rings (SSSR count). The zero-order valence-corrected chi connectivity index (χ0v) is 23.9. The lowest BCUT2D eigenvalue weighted by atomic mass is 9.84. The first-order valence-corrected chi connectivity index (χ1v) is 14.2. The number of morpholine rings is 1. The Kier molecular flexibility index (Phi) is 9.63. The number of aromatic amines is 1. The smallest absolute Gasteiger partial charge is 0.407 e. The van der Waals surface area contributed by atoms with Gasteiger partial charge in [-0.1, -0.05) is 78.9 Å². The normalized spacial score (nSPS) is 17.4. The molecule has 3 atom stereocenters. The lowest BCUT2D eigenvalue weighted by Crippen LogP contribution is -2.48. The molecule has 0 saturated carbocycles. The first kappa shape index (κ1) is 29.0. The molecule has 1 aromatic heterocycles. The van der Waals surface area contributed by atoms with E-state index in [0.717, 1.165) is 41.2 Å². The van der Waals surface area contributed by atoms with Crippen LogP contribution in [-0.2, 0) is 20.7 Å². The van der Waals surface area contributed by atoms with Crippen LogP contribution in [0.5, 0.6) is 0 Å². The number of alkyl carbamates (subject to hydrolysis) is 1. The van der Waals surface area contributed by atoms with Gasteiger partial charge < -0.3 is 30.4 Å². The summed E-state index contributed by atoms with van der Waals surface area (Å²) in [7, 11) is 1.29. The highest BCUT2D eigenvalue weighted by molar-refractivity contribution is 5.98. The molecule has 9 heteroatoms. The number of hydrogen-bond donors (Lipinski definition) is 4. The van der Waals surface area contributed by atoms with Crippen molar-refractivity contribution in [3.8, 4) is 0 Å². The zero-order chi connectivity index (χ0) is 29.3. The number of nitrogens with one attached hydrogen (secondary N) is 4. The van der Waals surface area contributed by atoms with Crippen molar-refractivity contribution in [2.24, 2.45) is 0 Å². The van der Waals surface area contributed by atoms with Gasteiger partial charge in [0, 0.05) is 24.3 Å². The van der Waals surface area contributed by atoms with E-state index < -0.39 is 18.1 Å². The predicted octanol–water partition coefficient (Wildman–Crippen LogP) is 4.88. The number of amides is 2. The fourth-order valence-electron chi connectivity index (χ4n) is 5.40. The van der Waals surface area contributed by atoms with Gasteiger partial charge in [0.2, 0.25) is 5.91 Å². The molecule has 0 bridgehead atoms. The van der Waals surface area contributed by atoms with Crippen LogP contribution in [0.25, 0.3) is 0 Å². The lowest BCUT2D eigenvalue weighted by molar-refractivity contribution is -0.118. The number of anilines is 1. The molecule has 42 heavy (non-hydrogen) atoms. The van der Waals surface area contributed by atoms with Gasteiger partial charge in [-0.05, 0) is 42.5 Å². The minimum atomic E-state index is -0.927. The molecule has 0 unspecified atom stereocenters. The third kappa shape index (κ3) is 7.23. The maximum atomic E-state index is 14.0. The first-order chi connectivity index (χ1) is 20.5. The van der Waals surface area contributed by atoms with Gasteiger partial charge in [-0.3, -0.25) is 4.79 Å². The molecular formula is C33H37N5O4. The number of benzene rings is 3. The average molecular weight is 568 g/mol. The Morgan fingerprint density at radius 3 is 2.26 bits per heavy atom. The molecule has 1 aliphatic heterocycles. The van der Waals surface area contributed by atoms with E-state index in [2.05, 4.69) is 25.9 Å². The Balaban J connectivity index is 1.30. The lowest BCUT2D eigenvalue weighted by Gasteiger charge is -2.30. The monoisotopic (exact) mass is 567 g/mol. The Labute approximate surface area is 246 Å². The minimum absolute atomic E-state index is 0.0447. The van der Waals surface area contributed by atoms with Gasteiger partial charge in [0.1, 0.15) is 11.9 Å². The second-order valence-electron chi connectivity index (χ2n) is 10.4. The van der Waals surface area contributed by atoms with Gasteiger partial charge in [-0.15, -0.1) is 0 Å². The molecule has 0 radical (unpaired) electrons. The Morgan fingerprint density at radius 2 is 1.67 bits per heavy atom. The molecule has 2 heterocycles. The van der Waals surface area contributed by atoms with Crippen molar-refractivity contribution in [1.29, 1.82) is 0 Å². The quantitative estimate of drug-likeness (QED) is 0.217. The summed E-state index contributed by atoms with van der Waals surface area (Å²) in [6.45, 7) is 3.22. The molecule has 1 fully saturated rings. The van der Waals surface area contributed by atoms with Gasteiger partial charge in [-0.2, -0.15) is 0 Å². The van der Waals surface area contributed by atoms with E-state index in [0.29, 0.717) is 18.7 Å². The standard InChI is InChI=1S/C33H37N5O4/c1-22-34-20-28(36-22)29-21-42-26(19-35-29)18-17-23-11-9-10-16-27(23)37-32(39)31(38-33(40)41-2)30(24-12-5-3-6-13-24)25-14-7-4-8-15-25/h3-16,20,26,29-31,35H,17-19,21H2,1-2H3,(H,34,36)(H,37,39)(H,38,40)/t26-,29+,31+/m1/s1. The van der Waals surface area contributed by atoms with E-state index >= 15 is 0 Å². The highest BCUT2D eigenvalue weighted by Crippen LogP contribution is 2.30. The van der Waals surface area contributed by atoms with E-state index in [9.17, 15) is 9.59 Å². The summed E-state index contributed by atoms with van der Waals surface area (Å²) < 4.78 is 11.1. The molecule has 0 aliphatic carbocycles. The summed E-state index contributed by atoms with van der Waals surface area (Å²) in [5.41, 5.74) is 4.53. The topological polar surface area (TPSA) is 117 Å². The SMILES string of the molecule is COC(=O)N[C@H](C(=O)Nc1ccccc1CC[C@@H]1CN[C@H](c2cnc(C)[nH]2)CO1)C(c1ccccc1)c1ccccc1. The molecule has 9 nitrogen and oxygen atoms in total. The van der Waals surface area contributed by atoms with Gasteiger partial charge in [-0.25, -0.2) is 9.78 Å². The Morgan fingerprint density at radius 1 is 1.00 bits per heavy atom. The molecular weight excluding hydrogens is 530 g/mol. The van der Waals surface area contributed by atoms with Crippen molar-refractivity contribution in [3.05, 3.63) is 119 Å². The highest BCUT2D eigenvalue weighted by Gasteiger charge is 2.33. The van der Waals surface area contributed by atoms with Crippen LogP contribution >= 0.6 is 0 Å². The van der Waals surface area contributed by atoms with E-state index in [1.54, 1.807) is 0 Å². The number of para-hydroxylation sites is 1. The first-order valence-electron chi connectivity index (χ1n) is 14.2. The predicted molar refractivity (Wildman–Crippen MR) is 161 cm³/mol. The fraction of sp³-hybridized carbons (Fsp3) is 0.303. The summed E-state index contributed by atoms with van der Waals surface area (Å²) in [4.78, 5) is 34.0. The van der Waals surface area contributed by atoms with Crippen molar-refractivity contribution in [2.45, 2.75) is 43.9 Å². The summed E-state index contributed by atoms with van der Waals surface area (Å²) in [5.74, 6) is 0.112. The largest absolute Gasteiger partial charge is 0.453 e. The molecule has 218 valence electrons. The maximum Gasteiger partial charge on any atom is 0.407 e. The van der Waals surface area contributed by atoms with Crippen LogP contribution in [0, 0.1) is 6.92 Å². The Hall–Kier alpha value is -4.47. The van der Waals surface area contributed by atoms with Crippen LogP contribution in [0.4, 0.5) is 10.5 Å². The van der Waals surface area contributed by atoms with Crippen molar-refractivity contribution in [3.63, 3.8) is 0 Å². The number of carbonyl (C=O) groups excluding carboxylic acids is 2. The average Bonchev–Trinajstić information content (AvgIpc) is 3.47. The summed E-state index contributed by atoms with van der Waals surface area (Å²) in [6, 6.07) is 26.3. The molecule has 1 saturated heterocycles. The molecule has 3 aromatic carbocycles. The number of nitrogens with zero attached hydrogens (tertiary/aromatic N) is 1. The van der Waals surface area contributed by atoms with Crippen LogP contribution in [-0.4, -0.2) is 54.4 Å². The van der Waals surface area contributed by atoms with E-state index in [4.69, 9.17) is 9.47 Å². The summed E-state index contributed by atoms with van der Waals surface area (Å²) in [5, 5.41) is 9.45. The second kappa shape index (κ2) is 13.9. The molecule has 1 aliphatic rings. The van der Waals surface area contributed by atoms with Crippen LogP contribution in [0.3, 0.4) is 0 Å². The number of H-pyrrole nitrogens is 1. The van der Waals surface area contributed by atoms with Gasteiger partial charge in [0.15, 0.2) is 0 Å². The summed E-state index contributed by atoms with van der Waals surface area (Å²) >= 11 is 0. The number of carbonyl (C=O) groups is 2. The van der Waals surface area contributed by atoms with Gasteiger partial charge >= 0.3 is 6.09 Å².